The van der Waals surface area contributed by atoms with Gasteiger partial charge in [0.05, 0.1) is 0 Å². The van der Waals surface area contributed by atoms with Crippen LogP contribution in [0.25, 0.3) is 6.08 Å². The summed E-state index contributed by atoms with van der Waals surface area (Å²) in [5, 5.41) is 3.42. The molecule has 0 fully saturated rings. The summed E-state index contributed by atoms with van der Waals surface area (Å²) in [5.41, 5.74) is 2.61. The Labute approximate surface area is 157 Å². The van der Waals surface area contributed by atoms with Crippen LogP contribution in [-0.4, -0.2) is 5.91 Å². The highest BCUT2D eigenvalue weighted by molar-refractivity contribution is 6.32. The predicted octanol–water partition coefficient (Wildman–Crippen LogP) is 5.57. The van der Waals surface area contributed by atoms with Crippen LogP contribution in [0.4, 0.5) is 5.69 Å². The molecule has 0 radical (unpaired) electrons. The van der Waals surface area contributed by atoms with Gasteiger partial charge in [-0.2, -0.15) is 0 Å². The van der Waals surface area contributed by atoms with E-state index in [1.54, 1.807) is 12.1 Å². The third-order valence-corrected chi connectivity index (χ3v) is 4.03. The van der Waals surface area contributed by atoms with Gasteiger partial charge in [-0.15, -0.1) is 0 Å². The van der Waals surface area contributed by atoms with Gasteiger partial charge in [0.1, 0.15) is 12.4 Å². The number of amides is 1. The zero-order chi connectivity index (χ0) is 18.2. The summed E-state index contributed by atoms with van der Waals surface area (Å²) < 4.78 is 5.73. The molecule has 4 heteroatoms. The van der Waals surface area contributed by atoms with Crippen molar-refractivity contribution in [1.82, 2.24) is 0 Å². The van der Waals surface area contributed by atoms with Crippen molar-refractivity contribution in [3.63, 3.8) is 0 Å². The number of nitrogens with one attached hydrogen (secondary N) is 1. The summed E-state index contributed by atoms with van der Waals surface area (Å²) in [4.78, 5) is 12.0. The SMILES string of the molecule is O=C(/C=C/c1ccccc1Cl)Nc1ccc(OCc2ccccc2)cc1. The van der Waals surface area contributed by atoms with Crippen LogP contribution in [0.2, 0.25) is 5.02 Å². The number of ether oxygens (including phenoxy) is 1. The van der Waals surface area contributed by atoms with Crippen LogP contribution in [0, 0.1) is 0 Å². The van der Waals surface area contributed by atoms with Crippen molar-refractivity contribution >= 4 is 29.3 Å². The Hall–Kier alpha value is -3.04. The van der Waals surface area contributed by atoms with Gasteiger partial charge in [-0.3, -0.25) is 4.79 Å². The van der Waals surface area contributed by atoms with Gasteiger partial charge < -0.3 is 10.1 Å². The molecule has 0 heterocycles. The number of benzene rings is 3. The molecule has 3 nitrogen and oxygen atoms in total. The monoisotopic (exact) mass is 363 g/mol. The highest BCUT2D eigenvalue weighted by Gasteiger charge is 2.01. The van der Waals surface area contributed by atoms with Gasteiger partial charge in [0.2, 0.25) is 5.91 Å². The minimum absolute atomic E-state index is 0.220. The van der Waals surface area contributed by atoms with Crippen LogP contribution in [0.3, 0.4) is 0 Å². The number of anilines is 1. The maximum atomic E-state index is 12.0. The fourth-order valence-corrected chi connectivity index (χ4v) is 2.53. The summed E-state index contributed by atoms with van der Waals surface area (Å²) in [5.74, 6) is 0.529. The van der Waals surface area contributed by atoms with E-state index in [2.05, 4.69) is 5.32 Å². The van der Waals surface area contributed by atoms with Crippen molar-refractivity contribution in [2.45, 2.75) is 6.61 Å². The number of carbonyl (C=O) groups is 1. The first-order valence-electron chi connectivity index (χ1n) is 8.21. The first-order chi connectivity index (χ1) is 12.7. The molecule has 1 N–H and O–H groups in total. The Kier molecular flexibility index (Phi) is 6.07. The van der Waals surface area contributed by atoms with E-state index >= 15 is 0 Å². The summed E-state index contributed by atoms with van der Waals surface area (Å²) in [6.45, 7) is 0.507. The normalized spacial score (nSPS) is 10.7. The van der Waals surface area contributed by atoms with Gasteiger partial charge in [-0.25, -0.2) is 0 Å². The second kappa shape index (κ2) is 8.88. The van der Waals surface area contributed by atoms with Crippen LogP contribution in [0.1, 0.15) is 11.1 Å². The van der Waals surface area contributed by atoms with Crippen LogP contribution in [-0.2, 0) is 11.4 Å². The average Bonchev–Trinajstić information content (AvgIpc) is 2.68. The highest BCUT2D eigenvalue weighted by atomic mass is 35.5. The second-order valence-electron chi connectivity index (χ2n) is 5.64. The molecular weight excluding hydrogens is 346 g/mol. The zero-order valence-electron chi connectivity index (χ0n) is 14.1. The van der Waals surface area contributed by atoms with Crippen molar-refractivity contribution < 1.29 is 9.53 Å². The molecule has 0 saturated carbocycles. The van der Waals surface area contributed by atoms with Crippen molar-refractivity contribution in [2.24, 2.45) is 0 Å². The van der Waals surface area contributed by atoms with Crippen molar-refractivity contribution in [3.8, 4) is 5.75 Å². The molecule has 0 saturated heterocycles. The third-order valence-electron chi connectivity index (χ3n) is 3.69. The number of hydrogen-bond donors (Lipinski definition) is 1. The summed E-state index contributed by atoms with van der Waals surface area (Å²) in [7, 11) is 0. The van der Waals surface area contributed by atoms with Crippen molar-refractivity contribution in [2.75, 3.05) is 5.32 Å². The lowest BCUT2D eigenvalue weighted by Crippen LogP contribution is -2.07. The molecule has 0 bridgehead atoms. The highest BCUT2D eigenvalue weighted by Crippen LogP contribution is 2.18. The lowest BCUT2D eigenvalue weighted by atomic mass is 10.2. The van der Waals surface area contributed by atoms with Gasteiger partial charge in [0.15, 0.2) is 0 Å². The second-order valence-corrected chi connectivity index (χ2v) is 6.05. The lowest BCUT2D eigenvalue weighted by molar-refractivity contribution is -0.111. The Balaban J connectivity index is 1.53. The quantitative estimate of drug-likeness (QED) is 0.581. The maximum Gasteiger partial charge on any atom is 0.248 e. The number of halogens is 1. The van der Waals surface area contributed by atoms with Gasteiger partial charge in [-0.05, 0) is 47.5 Å². The molecule has 0 aliphatic carbocycles. The van der Waals surface area contributed by atoms with E-state index in [0.717, 1.165) is 16.9 Å². The van der Waals surface area contributed by atoms with Crippen LogP contribution >= 0.6 is 11.6 Å². The van der Waals surface area contributed by atoms with Crippen LogP contribution < -0.4 is 10.1 Å². The zero-order valence-corrected chi connectivity index (χ0v) is 14.8. The van der Waals surface area contributed by atoms with Gasteiger partial charge in [0, 0.05) is 16.8 Å². The molecule has 1 amide bonds. The molecule has 0 aliphatic rings. The number of hydrogen-bond acceptors (Lipinski definition) is 2. The molecule has 0 aliphatic heterocycles. The first kappa shape index (κ1) is 17.8. The van der Waals surface area contributed by atoms with Crippen molar-refractivity contribution in [3.05, 3.63) is 101 Å². The van der Waals surface area contributed by atoms with Gasteiger partial charge in [0.25, 0.3) is 0 Å². The lowest BCUT2D eigenvalue weighted by Gasteiger charge is -2.07. The molecule has 0 spiro atoms. The standard InChI is InChI=1S/C22H18ClNO2/c23-21-9-5-4-8-18(21)10-15-22(25)24-19-11-13-20(14-12-19)26-16-17-6-2-1-3-7-17/h1-15H,16H2,(H,24,25)/b15-10+. The molecule has 0 atom stereocenters. The maximum absolute atomic E-state index is 12.0. The minimum Gasteiger partial charge on any atom is -0.489 e. The summed E-state index contributed by atoms with van der Waals surface area (Å²) in [6.07, 6.45) is 3.15. The van der Waals surface area contributed by atoms with E-state index in [0.29, 0.717) is 17.3 Å². The van der Waals surface area contributed by atoms with Crippen LogP contribution in [0.5, 0.6) is 5.75 Å². The Morgan fingerprint density at radius 1 is 0.923 bits per heavy atom. The number of carbonyl (C=O) groups excluding carboxylic acids is 1. The molecule has 130 valence electrons. The molecule has 0 aromatic heterocycles. The molecule has 26 heavy (non-hydrogen) atoms. The summed E-state index contributed by atoms with van der Waals surface area (Å²) in [6, 6.07) is 24.6. The Bertz CT molecular complexity index is 890. The largest absolute Gasteiger partial charge is 0.489 e. The number of rotatable bonds is 6. The van der Waals surface area contributed by atoms with E-state index in [4.69, 9.17) is 16.3 Å². The topological polar surface area (TPSA) is 38.3 Å². The Morgan fingerprint density at radius 3 is 2.35 bits per heavy atom. The van der Waals surface area contributed by atoms with E-state index in [1.807, 2.05) is 72.8 Å². The Morgan fingerprint density at radius 2 is 1.62 bits per heavy atom. The van der Waals surface area contributed by atoms with E-state index in [1.165, 1.54) is 6.08 Å². The fraction of sp³-hybridized carbons (Fsp3) is 0.0455. The smallest absolute Gasteiger partial charge is 0.248 e. The van der Waals surface area contributed by atoms with Crippen LogP contribution in [0.15, 0.2) is 84.9 Å². The third kappa shape index (κ3) is 5.23. The first-order valence-corrected chi connectivity index (χ1v) is 8.59. The van der Waals surface area contributed by atoms with Gasteiger partial charge >= 0.3 is 0 Å². The van der Waals surface area contributed by atoms with E-state index < -0.39 is 0 Å². The molecule has 3 aromatic rings. The van der Waals surface area contributed by atoms with E-state index in [-0.39, 0.29) is 5.91 Å². The fourth-order valence-electron chi connectivity index (χ4n) is 2.34. The van der Waals surface area contributed by atoms with E-state index in [9.17, 15) is 4.79 Å². The molecule has 0 unspecified atom stereocenters. The average molecular weight is 364 g/mol. The molecular formula is C22H18ClNO2. The summed E-state index contributed by atoms with van der Waals surface area (Å²) >= 11 is 6.06. The van der Waals surface area contributed by atoms with Gasteiger partial charge in [-0.1, -0.05) is 60.1 Å². The van der Waals surface area contributed by atoms with Crippen molar-refractivity contribution in [1.29, 1.82) is 0 Å². The molecule has 3 aromatic carbocycles. The molecule has 3 rings (SSSR count). The minimum atomic E-state index is -0.220. The predicted molar refractivity (Wildman–Crippen MR) is 106 cm³/mol.